The molecule has 0 saturated heterocycles. The van der Waals surface area contributed by atoms with E-state index in [2.05, 4.69) is 15.6 Å². The Kier molecular flexibility index (Phi) is 2.85. The van der Waals surface area contributed by atoms with Crippen molar-refractivity contribution in [3.63, 3.8) is 0 Å². The van der Waals surface area contributed by atoms with E-state index in [1.807, 2.05) is 0 Å². The Balaban J connectivity index is 2.56. The number of hydrazone groups is 1. The molecule has 6 heteroatoms. The summed E-state index contributed by atoms with van der Waals surface area (Å²) in [6.45, 7) is 0.384. The van der Waals surface area contributed by atoms with Gasteiger partial charge in [-0.2, -0.15) is 10.1 Å². The van der Waals surface area contributed by atoms with Crippen LogP contribution >= 0.6 is 11.6 Å². The van der Waals surface area contributed by atoms with Gasteiger partial charge in [0.2, 0.25) is 0 Å². The van der Waals surface area contributed by atoms with Crippen molar-refractivity contribution in [1.29, 1.82) is 0 Å². The van der Waals surface area contributed by atoms with Gasteiger partial charge in [-0.15, -0.1) is 11.6 Å². The van der Waals surface area contributed by atoms with Gasteiger partial charge in [-0.1, -0.05) is 0 Å². The first-order chi connectivity index (χ1) is 5.34. The smallest absolute Gasteiger partial charge is 0.244 e. The van der Waals surface area contributed by atoms with Crippen LogP contribution in [0.25, 0.3) is 0 Å². The molecule has 0 aromatic carbocycles. The lowest BCUT2D eigenvalue weighted by Gasteiger charge is -2.15. The Morgan fingerprint density at radius 1 is 1.64 bits per heavy atom. The molecule has 0 aromatic heterocycles. The number of hydrazine groups is 1. The summed E-state index contributed by atoms with van der Waals surface area (Å²) in [5.74, 6) is 0.351. The highest BCUT2D eigenvalue weighted by Crippen LogP contribution is 1.91. The van der Waals surface area contributed by atoms with Crippen molar-refractivity contribution in [2.24, 2.45) is 10.1 Å². The van der Waals surface area contributed by atoms with Gasteiger partial charge in [0.05, 0.1) is 19.0 Å². The van der Waals surface area contributed by atoms with Gasteiger partial charge in [-0.3, -0.25) is 0 Å². The van der Waals surface area contributed by atoms with Crippen LogP contribution in [0.3, 0.4) is 0 Å². The van der Waals surface area contributed by atoms with E-state index in [0.717, 1.165) is 0 Å². The number of rotatable bonds is 2. The molecule has 0 saturated carbocycles. The molecule has 0 atom stereocenters. The summed E-state index contributed by atoms with van der Waals surface area (Å²) in [5.41, 5.74) is 2.48. The van der Waals surface area contributed by atoms with E-state index in [4.69, 9.17) is 11.6 Å². The summed E-state index contributed by atoms with van der Waals surface area (Å²) in [6.07, 6.45) is 2.72. The van der Waals surface area contributed by atoms with Crippen LogP contribution in [0.15, 0.2) is 10.1 Å². The summed E-state index contributed by atoms with van der Waals surface area (Å²) in [5, 5.41) is 4.87. The van der Waals surface area contributed by atoms with E-state index in [1.54, 1.807) is 0 Å². The molecule has 0 unspecified atom stereocenters. The van der Waals surface area contributed by atoms with Crippen molar-refractivity contribution in [2.75, 3.05) is 12.4 Å². The van der Waals surface area contributed by atoms with Crippen LogP contribution in [0.1, 0.15) is 0 Å². The number of alkyl halides is 1. The van der Waals surface area contributed by atoms with Gasteiger partial charge in [0.25, 0.3) is 0 Å². The predicted octanol–water partition coefficient (Wildman–Crippen LogP) is 0.222. The zero-order valence-electron chi connectivity index (χ0n) is 5.70. The molecule has 1 rings (SSSR count). The number of nitrogens with one attached hydrogen (secondary N) is 1. The maximum absolute atomic E-state index is 10.9. The standard InChI is InChI=1S/C5H7ClN4O/c6-1-4-10-5(11)7-2-3-8-9-10/h2-3,9H,1,4H2. The van der Waals surface area contributed by atoms with E-state index in [-0.39, 0.29) is 6.03 Å². The molecule has 0 radical (unpaired) electrons. The molecule has 0 spiro atoms. The molecule has 1 aliphatic heterocycles. The van der Waals surface area contributed by atoms with Crippen molar-refractivity contribution in [3.8, 4) is 0 Å². The minimum Gasteiger partial charge on any atom is -0.244 e. The van der Waals surface area contributed by atoms with Crippen molar-refractivity contribution in [2.45, 2.75) is 0 Å². The molecule has 1 heterocycles. The molecule has 1 aliphatic rings. The van der Waals surface area contributed by atoms with Crippen LogP contribution in [-0.4, -0.2) is 35.9 Å². The second kappa shape index (κ2) is 3.92. The molecule has 0 aromatic rings. The summed E-state index contributed by atoms with van der Waals surface area (Å²) >= 11 is 5.42. The van der Waals surface area contributed by atoms with Gasteiger partial charge in [0.1, 0.15) is 0 Å². The molecule has 5 nitrogen and oxygen atoms in total. The van der Waals surface area contributed by atoms with Crippen molar-refractivity contribution in [3.05, 3.63) is 0 Å². The molecule has 60 valence electrons. The van der Waals surface area contributed by atoms with E-state index in [0.29, 0.717) is 12.4 Å². The summed E-state index contributed by atoms with van der Waals surface area (Å²) in [7, 11) is 0. The number of hydrogen-bond acceptors (Lipinski definition) is 3. The van der Waals surface area contributed by atoms with Crippen LogP contribution in [0.5, 0.6) is 0 Å². The van der Waals surface area contributed by atoms with Crippen LogP contribution in [0, 0.1) is 0 Å². The molecule has 11 heavy (non-hydrogen) atoms. The van der Waals surface area contributed by atoms with Crippen LogP contribution in [0.4, 0.5) is 4.79 Å². The van der Waals surface area contributed by atoms with Gasteiger partial charge in [-0.05, 0) is 0 Å². The first-order valence-electron chi connectivity index (χ1n) is 3.03. The number of aliphatic imine (C=N–C) groups is 1. The number of amides is 2. The van der Waals surface area contributed by atoms with Gasteiger partial charge >= 0.3 is 6.03 Å². The molecular formula is C5H7ClN4O. The quantitative estimate of drug-likeness (QED) is 0.609. The largest absolute Gasteiger partial charge is 0.363 e. The second-order valence-corrected chi connectivity index (χ2v) is 2.16. The van der Waals surface area contributed by atoms with E-state index >= 15 is 0 Å². The normalized spacial score (nSPS) is 16.5. The maximum Gasteiger partial charge on any atom is 0.363 e. The second-order valence-electron chi connectivity index (χ2n) is 1.78. The zero-order chi connectivity index (χ0) is 8.10. The maximum atomic E-state index is 10.9. The Hall–Kier alpha value is -1.10. The predicted molar refractivity (Wildman–Crippen MR) is 42.9 cm³/mol. The fraction of sp³-hybridized carbons (Fsp3) is 0.400. The van der Waals surface area contributed by atoms with Crippen LogP contribution < -0.4 is 5.53 Å². The molecular weight excluding hydrogens is 168 g/mol. The third-order valence-corrected chi connectivity index (χ3v) is 1.21. The van der Waals surface area contributed by atoms with E-state index in [9.17, 15) is 4.79 Å². The average molecular weight is 175 g/mol. The van der Waals surface area contributed by atoms with Crippen molar-refractivity contribution in [1.82, 2.24) is 10.5 Å². The molecule has 1 N–H and O–H groups in total. The summed E-state index contributed by atoms with van der Waals surface area (Å²) in [6, 6.07) is -0.386. The Bertz CT molecular complexity index is 203. The van der Waals surface area contributed by atoms with Gasteiger partial charge in [0, 0.05) is 5.88 Å². The Morgan fingerprint density at radius 3 is 3.18 bits per heavy atom. The fourth-order valence-corrected chi connectivity index (χ4v) is 0.745. The Morgan fingerprint density at radius 2 is 2.45 bits per heavy atom. The van der Waals surface area contributed by atoms with E-state index < -0.39 is 0 Å². The minimum absolute atomic E-state index is 0.351. The molecule has 2 amide bonds. The van der Waals surface area contributed by atoms with Gasteiger partial charge in [0.15, 0.2) is 0 Å². The highest BCUT2D eigenvalue weighted by atomic mass is 35.5. The first-order valence-corrected chi connectivity index (χ1v) is 3.57. The number of halogens is 1. The first kappa shape index (κ1) is 8.00. The van der Waals surface area contributed by atoms with Crippen molar-refractivity contribution >= 4 is 30.1 Å². The minimum atomic E-state index is -0.386. The lowest BCUT2D eigenvalue weighted by molar-refractivity contribution is 0.187. The number of carbonyl (C=O) groups is 1. The number of nitrogens with zero attached hydrogens (tertiary/aromatic N) is 3. The summed E-state index contributed by atoms with van der Waals surface area (Å²) in [4.78, 5) is 14.4. The van der Waals surface area contributed by atoms with Gasteiger partial charge in [-0.25, -0.2) is 15.3 Å². The summed E-state index contributed by atoms with van der Waals surface area (Å²) < 4.78 is 0. The van der Waals surface area contributed by atoms with Crippen LogP contribution in [0.2, 0.25) is 0 Å². The average Bonchev–Trinajstić information content (AvgIpc) is 2.18. The number of carbonyl (C=O) groups excluding carboxylic acids is 1. The van der Waals surface area contributed by atoms with Gasteiger partial charge < -0.3 is 0 Å². The highest BCUT2D eigenvalue weighted by molar-refractivity contribution is 6.19. The lowest BCUT2D eigenvalue weighted by Crippen LogP contribution is -2.38. The highest BCUT2D eigenvalue weighted by Gasteiger charge is 2.10. The van der Waals surface area contributed by atoms with E-state index in [1.165, 1.54) is 17.4 Å². The molecule has 0 aliphatic carbocycles. The third-order valence-electron chi connectivity index (χ3n) is 1.04. The third kappa shape index (κ3) is 2.19. The number of hydrogen-bond donors (Lipinski definition) is 1. The van der Waals surface area contributed by atoms with Crippen LogP contribution in [-0.2, 0) is 0 Å². The SMILES string of the molecule is O=C1N=CC=NNN1CCCl. The molecule has 0 bridgehead atoms. The monoisotopic (exact) mass is 174 g/mol. The lowest BCUT2D eigenvalue weighted by atomic mass is 10.7. The fourth-order valence-electron chi connectivity index (χ4n) is 0.576. The topological polar surface area (TPSA) is 57.1 Å². The molecule has 0 fully saturated rings. The Labute approximate surface area is 68.7 Å². The van der Waals surface area contributed by atoms with Crippen molar-refractivity contribution < 1.29 is 4.79 Å². The number of urea groups is 1. The zero-order valence-corrected chi connectivity index (χ0v) is 6.45.